The summed E-state index contributed by atoms with van der Waals surface area (Å²) in [5, 5.41) is 12.7. The summed E-state index contributed by atoms with van der Waals surface area (Å²) in [4.78, 5) is 22.2. The van der Waals surface area contributed by atoms with Crippen LogP contribution in [-0.2, 0) is 9.53 Å². The fourth-order valence-corrected chi connectivity index (χ4v) is 1.39. The van der Waals surface area contributed by atoms with E-state index in [0.717, 1.165) is 7.11 Å². The first kappa shape index (κ1) is 14.2. The molecule has 0 unspecified atom stereocenters. The highest BCUT2D eigenvalue weighted by Crippen LogP contribution is 2.17. The van der Waals surface area contributed by atoms with E-state index in [0.29, 0.717) is 5.56 Å². The monoisotopic (exact) mass is 260 g/mol. The Hall–Kier alpha value is -2.88. The summed E-state index contributed by atoms with van der Waals surface area (Å²) in [5.74, 6) is -1.77. The van der Waals surface area contributed by atoms with Crippen molar-refractivity contribution in [3.05, 3.63) is 35.9 Å². The topological polar surface area (TPSA) is 118 Å². The molecule has 0 aliphatic heterocycles. The van der Waals surface area contributed by atoms with Gasteiger partial charge in [0.2, 0.25) is 0 Å². The van der Waals surface area contributed by atoms with Crippen LogP contribution in [0.5, 0.6) is 0 Å². The van der Waals surface area contributed by atoms with Crippen LogP contribution in [0.1, 0.15) is 11.5 Å². The molecule has 7 nitrogen and oxygen atoms in total. The number of primary amides is 1. The Balaban J connectivity index is 3.15. The lowest BCUT2D eigenvalue weighted by molar-refractivity contribution is -0.132. The standard InChI is InChI=1S/C12H12N4O3/c1-19-11(17)10(15-16-12(14)18)9(7-13)8-5-3-2-4-6-8/h2-6,9H,1H3,(H3,14,16,18)/b15-10-/t9-/m0/s1. The average molecular weight is 260 g/mol. The molecule has 0 aromatic heterocycles. The van der Waals surface area contributed by atoms with Crippen LogP contribution >= 0.6 is 0 Å². The van der Waals surface area contributed by atoms with E-state index in [1.54, 1.807) is 30.3 Å². The van der Waals surface area contributed by atoms with Gasteiger partial charge in [0, 0.05) is 0 Å². The Morgan fingerprint density at radius 2 is 2.05 bits per heavy atom. The van der Waals surface area contributed by atoms with Crippen LogP contribution in [0.25, 0.3) is 0 Å². The minimum absolute atomic E-state index is 0.241. The van der Waals surface area contributed by atoms with Gasteiger partial charge in [0.25, 0.3) is 0 Å². The number of urea groups is 1. The summed E-state index contributed by atoms with van der Waals surface area (Å²) in [5.41, 5.74) is 7.11. The summed E-state index contributed by atoms with van der Waals surface area (Å²) in [7, 11) is 1.15. The molecule has 0 aliphatic carbocycles. The summed E-state index contributed by atoms with van der Waals surface area (Å²) < 4.78 is 4.54. The first-order chi connectivity index (χ1) is 9.10. The van der Waals surface area contributed by atoms with Gasteiger partial charge in [0.05, 0.1) is 13.2 Å². The van der Waals surface area contributed by atoms with E-state index in [1.807, 2.05) is 11.5 Å². The van der Waals surface area contributed by atoms with Crippen LogP contribution < -0.4 is 11.2 Å². The number of esters is 1. The zero-order chi connectivity index (χ0) is 14.3. The number of hydrazone groups is 1. The van der Waals surface area contributed by atoms with Crippen LogP contribution in [0.15, 0.2) is 35.4 Å². The van der Waals surface area contributed by atoms with Gasteiger partial charge in [-0.3, -0.25) is 0 Å². The normalized spacial score (nSPS) is 12.1. The van der Waals surface area contributed by atoms with Crippen molar-refractivity contribution in [2.45, 2.75) is 5.92 Å². The number of nitrogens with one attached hydrogen (secondary N) is 1. The molecule has 2 amide bonds. The lowest BCUT2D eigenvalue weighted by atomic mass is 9.95. The number of benzene rings is 1. The summed E-state index contributed by atoms with van der Waals surface area (Å²) in [6.07, 6.45) is 0. The number of rotatable bonds is 4. The van der Waals surface area contributed by atoms with Gasteiger partial charge in [-0.1, -0.05) is 30.3 Å². The molecule has 0 aliphatic rings. The molecule has 7 heteroatoms. The second kappa shape index (κ2) is 6.76. The molecule has 3 N–H and O–H groups in total. The van der Waals surface area contributed by atoms with Crippen LogP contribution in [0.2, 0.25) is 0 Å². The smallest absolute Gasteiger partial charge is 0.355 e. The van der Waals surface area contributed by atoms with E-state index in [1.165, 1.54) is 0 Å². The van der Waals surface area contributed by atoms with Gasteiger partial charge in [0.15, 0.2) is 5.71 Å². The summed E-state index contributed by atoms with van der Waals surface area (Å²) in [6, 6.07) is 9.53. The maximum atomic E-state index is 11.6. The van der Waals surface area contributed by atoms with E-state index in [4.69, 9.17) is 5.73 Å². The van der Waals surface area contributed by atoms with Crippen molar-refractivity contribution in [2.75, 3.05) is 7.11 Å². The highest BCUT2D eigenvalue weighted by Gasteiger charge is 2.25. The quantitative estimate of drug-likeness (QED) is 0.465. The molecule has 0 saturated heterocycles. The van der Waals surface area contributed by atoms with Crippen molar-refractivity contribution in [1.29, 1.82) is 5.26 Å². The molecule has 0 heterocycles. The largest absolute Gasteiger partial charge is 0.464 e. The van der Waals surface area contributed by atoms with Crippen molar-refractivity contribution in [1.82, 2.24) is 5.43 Å². The minimum Gasteiger partial charge on any atom is -0.464 e. The molecular formula is C12H12N4O3. The second-order valence-corrected chi connectivity index (χ2v) is 3.44. The number of nitrogens with zero attached hydrogens (tertiary/aromatic N) is 2. The highest BCUT2D eigenvalue weighted by atomic mass is 16.5. The fourth-order valence-electron chi connectivity index (χ4n) is 1.39. The van der Waals surface area contributed by atoms with Gasteiger partial charge in [0.1, 0.15) is 5.92 Å². The van der Waals surface area contributed by atoms with Crippen LogP contribution in [0.4, 0.5) is 4.79 Å². The number of hydrogen-bond donors (Lipinski definition) is 2. The Kier molecular flexibility index (Phi) is 5.04. The van der Waals surface area contributed by atoms with Crippen LogP contribution in [-0.4, -0.2) is 24.8 Å². The predicted octanol–water partition coefficient (Wildman–Crippen LogP) is 0.491. The molecule has 1 aromatic carbocycles. The first-order valence-electron chi connectivity index (χ1n) is 5.26. The zero-order valence-electron chi connectivity index (χ0n) is 10.2. The van der Waals surface area contributed by atoms with Gasteiger partial charge in [-0.15, -0.1) is 0 Å². The minimum atomic E-state index is -0.958. The number of carbonyl (C=O) groups is 2. The average Bonchev–Trinajstić information content (AvgIpc) is 2.43. The Labute approximate surface area is 109 Å². The molecule has 0 fully saturated rings. The number of carbonyl (C=O) groups excluding carboxylic acids is 2. The molecule has 19 heavy (non-hydrogen) atoms. The van der Waals surface area contributed by atoms with Crippen LogP contribution in [0, 0.1) is 11.3 Å². The van der Waals surface area contributed by atoms with Crippen molar-refractivity contribution >= 4 is 17.7 Å². The van der Waals surface area contributed by atoms with E-state index in [-0.39, 0.29) is 5.71 Å². The zero-order valence-corrected chi connectivity index (χ0v) is 10.2. The maximum absolute atomic E-state index is 11.6. The van der Waals surface area contributed by atoms with Gasteiger partial charge in [-0.25, -0.2) is 15.0 Å². The third-order valence-corrected chi connectivity index (χ3v) is 2.22. The van der Waals surface area contributed by atoms with E-state index in [2.05, 4.69) is 9.84 Å². The van der Waals surface area contributed by atoms with E-state index in [9.17, 15) is 14.9 Å². The maximum Gasteiger partial charge on any atom is 0.355 e. The molecule has 0 bridgehead atoms. The van der Waals surface area contributed by atoms with Gasteiger partial charge in [-0.05, 0) is 5.56 Å². The predicted molar refractivity (Wildman–Crippen MR) is 67.0 cm³/mol. The third kappa shape index (κ3) is 3.81. The van der Waals surface area contributed by atoms with Crippen molar-refractivity contribution < 1.29 is 14.3 Å². The molecule has 0 radical (unpaired) electrons. The molecule has 1 rings (SSSR count). The van der Waals surface area contributed by atoms with Gasteiger partial charge < -0.3 is 10.5 Å². The lowest BCUT2D eigenvalue weighted by Crippen LogP contribution is -2.31. The van der Waals surface area contributed by atoms with Crippen molar-refractivity contribution in [3.63, 3.8) is 0 Å². The van der Waals surface area contributed by atoms with E-state index >= 15 is 0 Å². The van der Waals surface area contributed by atoms with Crippen molar-refractivity contribution in [2.24, 2.45) is 10.8 Å². The first-order valence-corrected chi connectivity index (χ1v) is 5.26. The Morgan fingerprint density at radius 3 is 2.53 bits per heavy atom. The van der Waals surface area contributed by atoms with Crippen LogP contribution in [0.3, 0.4) is 0 Å². The third-order valence-electron chi connectivity index (χ3n) is 2.22. The van der Waals surface area contributed by atoms with Crippen molar-refractivity contribution in [3.8, 4) is 6.07 Å². The molecular weight excluding hydrogens is 248 g/mol. The Morgan fingerprint density at radius 1 is 1.42 bits per heavy atom. The number of methoxy groups -OCH3 is 1. The van der Waals surface area contributed by atoms with E-state index < -0.39 is 17.9 Å². The summed E-state index contributed by atoms with van der Waals surface area (Å²) >= 11 is 0. The highest BCUT2D eigenvalue weighted by molar-refractivity contribution is 6.39. The molecule has 0 spiro atoms. The molecule has 1 aromatic rings. The number of ether oxygens (including phenoxy) is 1. The Bertz CT molecular complexity index is 534. The number of nitriles is 1. The number of nitrogens with two attached hydrogens (primary N) is 1. The molecule has 98 valence electrons. The lowest BCUT2D eigenvalue weighted by Gasteiger charge is -2.10. The fraction of sp³-hybridized carbons (Fsp3) is 0.167. The van der Waals surface area contributed by atoms with Gasteiger partial charge in [-0.2, -0.15) is 10.4 Å². The van der Waals surface area contributed by atoms with Gasteiger partial charge >= 0.3 is 12.0 Å². The second-order valence-electron chi connectivity index (χ2n) is 3.44. The summed E-state index contributed by atoms with van der Waals surface area (Å²) in [6.45, 7) is 0. The molecule has 1 atom stereocenters. The SMILES string of the molecule is COC(=O)/C(=N\NC(N)=O)[C@@H](C#N)c1ccccc1. The number of amides is 2. The number of hydrogen-bond acceptors (Lipinski definition) is 5. The molecule has 0 saturated carbocycles.